The first-order valence-corrected chi connectivity index (χ1v) is 7.87. The molecule has 1 fully saturated rings. The summed E-state index contributed by atoms with van der Waals surface area (Å²) in [4.78, 5) is 25.4. The molecule has 0 spiro atoms. The van der Waals surface area contributed by atoms with Crippen molar-refractivity contribution in [3.63, 3.8) is 0 Å². The number of hydrogen-bond donors (Lipinski definition) is 1. The van der Waals surface area contributed by atoms with Crippen LogP contribution in [-0.4, -0.2) is 61.1 Å². The molecule has 2 heterocycles. The molecule has 126 valence electrons. The largest absolute Gasteiger partial charge is 0.495 e. The number of anilines is 2. The molecule has 0 radical (unpaired) electrons. The summed E-state index contributed by atoms with van der Waals surface area (Å²) in [6.45, 7) is 3.82. The molecule has 1 aliphatic rings. The number of hydrogen-bond acceptors (Lipinski definition) is 6. The van der Waals surface area contributed by atoms with E-state index in [0.717, 1.165) is 32.0 Å². The second-order valence-electron chi connectivity index (χ2n) is 5.70. The molecule has 1 saturated heterocycles. The van der Waals surface area contributed by atoms with Gasteiger partial charge in [0.05, 0.1) is 25.2 Å². The number of aromatic nitrogens is 2. The van der Waals surface area contributed by atoms with Gasteiger partial charge in [0.1, 0.15) is 17.3 Å². The number of carbonyl (C=O) groups is 1. The minimum atomic E-state index is -0.308. The van der Waals surface area contributed by atoms with Gasteiger partial charge in [-0.3, -0.25) is 4.79 Å². The first-order chi connectivity index (χ1) is 11.7. The Bertz CT molecular complexity index is 696. The number of amides is 1. The van der Waals surface area contributed by atoms with Crippen LogP contribution in [0.3, 0.4) is 0 Å². The number of para-hydroxylation sites is 2. The van der Waals surface area contributed by atoms with Crippen LogP contribution >= 0.6 is 0 Å². The van der Waals surface area contributed by atoms with Crippen molar-refractivity contribution in [2.24, 2.45) is 0 Å². The van der Waals surface area contributed by atoms with E-state index >= 15 is 0 Å². The fourth-order valence-electron chi connectivity index (χ4n) is 2.57. The lowest BCUT2D eigenvalue weighted by molar-refractivity contribution is 0.102. The normalized spacial score (nSPS) is 15.2. The van der Waals surface area contributed by atoms with Crippen LogP contribution < -0.4 is 15.0 Å². The summed E-state index contributed by atoms with van der Waals surface area (Å²) in [6, 6.07) is 7.25. The van der Waals surface area contributed by atoms with Gasteiger partial charge in [0, 0.05) is 26.2 Å². The third-order valence-electron chi connectivity index (χ3n) is 4.05. The summed E-state index contributed by atoms with van der Waals surface area (Å²) in [5, 5.41) is 2.80. The minimum absolute atomic E-state index is 0.277. The highest BCUT2D eigenvalue weighted by Crippen LogP contribution is 2.23. The molecule has 7 nitrogen and oxygen atoms in total. The fourth-order valence-corrected chi connectivity index (χ4v) is 2.57. The molecular formula is C17H21N5O2. The maximum Gasteiger partial charge on any atom is 0.275 e. The molecule has 1 amide bonds. The van der Waals surface area contributed by atoms with E-state index in [2.05, 4.69) is 32.1 Å². The maximum absolute atomic E-state index is 12.3. The van der Waals surface area contributed by atoms with Gasteiger partial charge >= 0.3 is 0 Å². The van der Waals surface area contributed by atoms with Crippen molar-refractivity contribution < 1.29 is 9.53 Å². The van der Waals surface area contributed by atoms with Crippen LogP contribution in [0, 0.1) is 0 Å². The number of carbonyl (C=O) groups excluding carboxylic acids is 1. The van der Waals surface area contributed by atoms with Crippen LogP contribution in [0.4, 0.5) is 11.5 Å². The van der Waals surface area contributed by atoms with Crippen molar-refractivity contribution in [3.8, 4) is 5.75 Å². The molecule has 0 atom stereocenters. The topological polar surface area (TPSA) is 70.6 Å². The summed E-state index contributed by atoms with van der Waals surface area (Å²) in [7, 11) is 3.67. The van der Waals surface area contributed by atoms with Gasteiger partial charge in [-0.1, -0.05) is 12.1 Å². The predicted octanol–water partition coefficient (Wildman–Crippen LogP) is 1.49. The second-order valence-corrected chi connectivity index (χ2v) is 5.70. The van der Waals surface area contributed by atoms with E-state index in [4.69, 9.17) is 4.74 Å². The van der Waals surface area contributed by atoms with E-state index in [1.807, 2.05) is 12.1 Å². The van der Waals surface area contributed by atoms with Crippen molar-refractivity contribution in [1.29, 1.82) is 0 Å². The average molecular weight is 327 g/mol. The number of rotatable bonds is 4. The van der Waals surface area contributed by atoms with E-state index < -0.39 is 0 Å². The van der Waals surface area contributed by atoms with Crippen LogP contribution in [0.1, 0.15) is 10.5 Å². The van der Waals surface area contributed by atoms with Crippen LogP contribution in [-0.2, 0) is 0 Å². The zero-order chi connectivity index (χ0) is 16.9. The van der Waals surface area contributed by atoms with Crippen LogP contribution in [0.5, 0.6) is 5.75 Å². The molecule has 7 heteroatoms. The molecule has 0 bridgehead atoms. The summed E-state index contributed by atoms with van der Waals surface area (Å²) < 4.78 is 5.23. The number of ether oxygens (including phenoxy) is 1. The molecule has 3 rings (SSSR count). The first-order valence-electron chi connectivity index (χ1n) is 7.87. The summed E-state index contributed by atoms with van der Waals surface area (Å²) in [6.07, 6.45) is 3.17. The van der Waals surface area contributed by atoms with Gasteiger partial charge in [0.2, 0.25) is 0 Å². The number of nitrogens with zero attached hydrogens (tertiary/aromatic N) is 4. The highest BCUT2D eigenvalue weighted by Gasteiger charge is 2.17. The van der Waals surface area contributed by atoms with Gasteiger partial charge < -0.3 is 19.9 Å². The highest BCUT2D eigenvalue weighted by molar-refractivity contribution is 6.03. The van der Waals surface area contributed by atoms with Gasteiger partial charge in [-0.05, 0) is 19.2 Å². The van der Waals surface area contributed by atoms with Crippen molar-refractivity contribution in [2.75, 3.05) is 50.6 Å². The van der Waals surface area contributed by atoms with Gasteiger partial charge in [-0.15, -0.1) is 0 Å². The lowest BCUT2D eigenvalue weighted by Gasteiger charge is -2.32. The average Bonchev–Trinajstić information content (AvgIpc) is 2.63. The van der Waals surface area contributed by atoms with Crippen LogP contribution in [0.25, 0.3) is 0 Å². The van der Waals surface area contributed by atoms with E-state index in [1.54, 1.807) is 25.4 Å². The zero-order valence-electron chi connectivity index (χ0n) is 13.9. The van der Waals surface area contributed by atoms with Crippen molar-refractivity contribution in [2.45, 2.75) is 0 Å². The lowest BCUT2D eigenvalue weighted by Crippen LogP contribution is -2.44. The lowest BCUT2D eigenvalue weighted by atomic mass is 10.3. The second kappa shape index (κ2) is 7.27. The Kier molecular flexibility index (Phi) is 4.90. The zero-order valence-corrected chi connectivity index (χ0v) is 13.9. The predicted molar refractivity (Wildman–Crippen MR) is 92.7 cm³/mol. The Labute approximate surface area is 141 Å². The van der Waals surface area contributed by atoms with E-state index in [0.29, 0.717) is 11.4 Å². The van der Waals surface area contributed by atoms with Gasteiger partial charge in [-0.2, -0.15) is 0 Å². The van der Waals surface area contributed by atoms with Crippen LogP contribution in [0.2, 0.25) is 0 Å². The third kappa shape index (κ3) is 3.62. The van der Waals surface area contributed by atoms with E-state index in [1.165, 1.54) is 6.20 Å². The summed E-state index contributed by atoms with van der Waals surface area (Å²) >= 11 is 0. The van der Waals surface area contributed by atoms with Crippen molar-refractivity contribution in [3.05, 3.63) is 42.4 Å². The molecule has 24 heavy (non-hydrogen) atoms. The smallest absolute Gasteiger partial charge is 0.275 e. The maximum atomic E-state index is 12.3. The molecule has 1 aliphatic heterocycles. The molecule has 2 aromatic rings. The first kappa shape index (κ1) is 16.2. The minimum Gasteiger partial charge on any atom is -0.495 e. The summed E-state index contributed by atoms with van der Waals surface area (Å²) in [5.41, 5.74) is 0.883. The number of methoxy groups -OCH3 is 1. The van der Waals surface area contributed by atoms with Gasteiger partial charge in [-0.25, -0.2) is 9.97 Å². The van der Waals surface area contributed by atoms with Crippen molar-refractivity contribution >= 4 is 17.4 Å². The molecule has 0 unspecified atom stereocenters. The van der Waals surface area contributed by atoms with E-state index in [-0.39, 0.29) is 11.6 Å². The van der Waals surface area contributed by atoms with Crippen molar-refractivity contribution in [1.82, 2.24) is 14.9 Å². The van der Waals surface area contributed by atoms with E-state index in [9.17, 15) is 4.79 Å². The standard InChI is InChI=1S/C17H21N5O2/c1-21-7-9-22(10-8-21)16-12-18-14(11-19-16)17(23)20-13-5-3-4-6-15(13)24-2/h3-6,11-12H,7-10H2,1-2H3,(H,20,23). The monoisotopic (exact) mass is 327 g/mol. The number of nitrogens with one attached hydrogen (secondary N) is 1. The fraction of sp³-hybridized carbons (Fsp3) is 0.353. The summed E-state index contributed by atoms with van der Waals surface area (Å²) in [5.74, 6) is 1.10. The Hall–Kier alpha value is -2.67. The Morgan fingerprint density at radius 3 is 2.54 bits per heavy atom. The third-order valence-corrected chi connectivity index (χ3v) is 4.05. The molecule has 1 N–H and O–H groups in total. The molecule has 0 aliphatic carbocycles. The highest BCUT2D eigenvalue weighted by atomic mass is 16.5. The SMILES string of the molecule is COc1ccccc1NC(=O)c1cnc(N2CCN(C)CC2)cn1. The number of likely N-dealkylation sites (N-methyl/N-ethyl adjacent to an activating group) is 1. The Morgan fingerprint density at radius 1 is 1.12 bits per heavy atom. The molecule has 1 aromatic heterocycles. The molecule has 1 aromatic carbocycles. The quantitative estimate of drug-likeness (QED) is 0.917. The number of benzene rings is 1. The Morgan fingerprint density at radius 2 is 1.88 bits per heavy atom. The molecular weight excluding hydrogens is 306 g/mol. The molecule has 0 saturated carbocycles. The van der Waals surface area contributed by atoms with Crippen LogP contribution in [0.15, 0.2) is 36.7 Å². The Balaban J connectivity index is 1.68. The number of piperazine rings is 1. The van der Waals surface area contributed by atoms with Gasteiger partial charge in [0.25, 0.3) is 5.91 Å². The van der Waals surface area contributed by atoms with Gasteiger partial charge in [0.15, 0.2) is 0 Å².